The zero-order valence-corrected chi connectivity index (χ0v) is 8.50. The number of benzene rings is 1. The maximum atomic E-state index is 12.9. The summed E-state index contributed by atoms with van der Waals surface area (Å²) in [4.78, 5) is 1.85. The predicted octanol–water partition coefficient (Wildman–Crippen LogP) is 2.16. The molecule has 1 aromatic carbocycles. The summed E-state index contributed by atoms with van der Waals surface area (Å²) in [7, 11) is 0. The van der Waals surface area contributed by atoms with E-state index in [1.807, 2.05) is 17.9 Å². The molecule has 0 aliphatic rings. The van der Waals surface area contributed by atoms with Gasteiger partial charge in [0.05, 0.1) is 17.8 Å². The van der Waals surface area contributed by atoms with Crippen molar-refractivity contribution in [2.75, 3.05) is 18.0 Å². The first-order chi connectivity index (χ1) is 7.22. The van der Waals surface area contributed by atoms with Crippen LogP contribution >= 0.6 is 0 Å². The van der Waals surface area contributed by atoms with Crippen LogP contribution < -0.4 is 4.90 Å². The fourth-order valence-corrected chi connectivity index (χ4v) is 1.35. The van der Waals surface area contributed by atoms with Gasteiger partial charge in [0.25, 0.3) is 0 Å². The molecule has 0 aromatic heterocycles. The number of terminal acetylenes is 1. The Morgan fingerprint density at radius 2 is 2.27 bits per heavy atom. The average molecular weight is 202 g/mol. The van der Waals surface area contributed by atoms with Crippen LogP contribution in [0.25, 0.3) is 0 Å². The zero-order valence-electron chi connectivity index (χ0n) is 8.50. The number of hydrogen-bond donors (Lipinski definition) is 0. The Morgan fingerprint density at radius 1 is 1.53 bits per heavy atom. The van der Waals surface area contributed by atoms with E-state index in [1.54, 1.807) is 6.07 Å². The molecule has 0 N–H and O–H groups in total. The minimum Gasteiger partial charge on any atom is -0.360 e. The average Bonchev–Trinajstić information content (AvgIpc) is 2.26. The van der Waals surface area contributed by atoms with Gasteiger partial charge in [0.2, 0.25) is 0 Å². The van der Waals surface area contributed by atoms with Gasteiger partial charge in [0, 0.05) is 6.54 Å². The lowest BCUT2D eigenvalue weighted by atomic mass is 10.1. The molecule has 0 atom stereocenters. The Bertz CT molecular complexity index is 426. The van der Waals surface area contributed by atoms with Crippen molar-refractivity contribution in [3.05, 3.63) is 29.6 Å². The topological polar surface area (TPSA) is 27.0 Å². The molecule has 0 fully saturated rings. The Balaban J connectivity index is 3.13. The number of hydrogen-bond acceptors (Lipinski definition) is 2. The number of halogens is 1. The Morgan fingerprint density at radius 3 is 2.80 bits per heavy atom. The van der Waals surface area contributed by atoms with Gasteiger partial charge >= 0.3 is 0 Å². The van der Waals surface area contributed by atoms with Gasteiger partial charge in [-0.1, -0.05) is 5.92 Å². The zero-order chi connectivity index (χ0) is 11.3. The molecule has 0 aliphatic carbocycles. The SMILES string of the molecule is C#CCN(CC)c1ccc(F)cc1C#N. The summed E-state index contributed by atoms with van der Waals surface area (Å²) in [5.41, 5.74) is 0.992. The van der Waals surface area contributed by atoms with Crippen molar-refractivity contribution in [3.8, 4) is 18.4 Å². The maximum absolute atomic E-state index is 12.9. The molecule has 0 aliphatic heterocycles. The second-order valence-corrected chi connectivity index (χ2v) is 2.99. The summed E-state index contributed by atoms with van der Waals surface area (Å²) in [6.07, 6.45) is 5.22. The molecule has 1 rings (SSSR count). The lowest BCUT2D eigenvalue weighted by Crippen LogP contribution is -2.23. The Hall–Kier alpha value is -2.00. The minimum absolute atomic E-state index is 0.312. The number of nitriles is 1. The van der Waals surface area contributed by atoms with Gasteiger partial charge < -0.3 is 4.90 Å². The van der Waals surface area contributed by atoms with Gasteiger partial charge in [-0.3, -0.25) is 0 Å². The molecule has 0 spiro atoms. The summed E-state index contributed by atoms with van der Waals surface area (Å²) in [6.45, 7) is 3.03. The fourth-order valence-electron chi connectivity index (χ4n) is 1.35. The van der Waals surface area contributed by atoms with Gasteiger partial charge in [0.1, 0.15) is 11.9 Å². The summed E-state index contributed by atoms with van der Waals surface area (Å²) in [6, 6.07) is 6.08. The molecular weight excluding hydrogens is 191 g/mol. The molecular formula is C12H11FN2. The summed E-state index contributed by atoms with van der Waals surface area (Å²) < 4.78 is 12.9. The first-order valence-corrected chi connectivity index (χ1v) is 4.61. The van der Waals surface area contributed by atoms with Gasteiger partial charge in [0.15, 0.2) is 0 Å². The molecule has 0 heterocycles. The molecule has 0 bridgehead atoms. The van der Waals surface area contributed by atoms with Gasteiger partial charge in [-0.05, 0) is 25.1 Å². The first-order valence-electron chi connectivity index (χ1n) is 4.61. The second kappa shape index (κ2) is 5.02. The standard InChI is InChI=1S/C12H11FN2/c1-3-7-15(4-2)12-6-5-11(13)8-10(12)9-14/h1,5-6,8H,4,7H2,2H3. The van der Waals surface area contributed by atoms with Crippen LogP contribution in [0.5, 0.6) is 0 Å². The summed E-state index contributed by atoms with van der Waals surface area (Å²) in [5, 5.41) is 8.86. The minimum atomic E-state index is -0.410. The largest absolute Gasteiger partial charge is 0.360 e. The van der Waals surface area contributed by atoms with E-state index < -0.39 is 5.82 Å². The summed E-state index contributed by atoms with van der Waals surface area (Å²) in [5.74, 6) is 2.10. The van der Waals surface area contributed by atoms with E-state index in [4.69, 9.17) is 11.7 Å². The second-order valence-electron chi connectivity index (χ2n) is 2.99. The van der Waals surface area contributed by atoms with E-state index >= 15 is 0 Å². The van der Waals surface area contributed by atoms with Gasteiger partial charge in [-0.2, -0.15) is 5.26 Å². The van der Waals surface area contributed by atoms with Crippen molar-refractivity contribution in [1.82, 2.24) is 0 Å². The van der Waals surface area contributed by atoms with Crippen LogP contribution in [0.1, 0.15) is 12.5 Å². The predicted molar refractivity (Wildman–Crippen MR) is 57.8 cm³/mol. The van der Waals surface area contributed by atoms with Crippen LogP contribution in [0.4, 0.5) is 10.1 Å². The molecule has 15 heavy (non-hydrogen) atoms. The highest BCUT2D eigenvalue weighted by atomic mass is 19.1. The van der Waals surface area contributed by atoms with Crippen molar-refractivity contribution in [2.24, 2.45) is 0 Å². The van der Waals surface area contributed by atoms with Crippen LogP contribution in [0.3, 0.4) is 0 Å². The number of nitrogens with zero attached hydrogens (tertiary/aromatic N) is 2. The summed E-state index contributed by atoms with van der Waals surface area (Å²) >= 11 is 0. The third-order valence-corrected chi connectivity index (χ3v) is 2.08. The van der Waals surface area contributed by atoms with E-state index in [0.717, 1.165) is 0 Å². The van der Waals surface area contributed by atoms with E-state index in [0.29, 0.717) is 24.3 Å². The quantitative estimate of drug-likeness (QED) is 0.702. The molecule has 76 valence electrons. The van der Waals surface area contributed by atoms with Crippen LogP contribution in [0.15, 0.2) is 18.2 Å². The monoisotopic (exact) mass is 202 g/mol. The van der Waals surface area contributed by atoms with E-state index in [-0.39, 0.29) is 0 Å². The van der Waals surface area contributed by atoms with E-state index in [2.05, 4.69) is 5.92 Å². The lowest BCUT2D eigenvalue weighted by molar-refractivity contribution is 0.627. The number of anilines is 1. The number of rotatable bonds is 3. The van der Waals surface area contributed by atoms with Crippen LogP contribution in [0, 0.1) is 29.5 Å². The smallest absolute Gasteiger partial charge is 0.124 e. The van der Waals surface area contributed by atoms with Gasteiger partial charge in [-0.15, -0.1) is 6.42 Å². The normalized spacial score (nSPS) is 9.07. The maximum Gasteiger partial charge on any atom is 0.124 e. The van der Waals surface area contributed by atoms with Crippen molar-refractivity contribution >= 4 is 5.69 Å². The highest BCUT2D eigenvalue weighted by molar-refractivity contribution is 5.59. The van der Waals surface area contributed by atoms with Gasteiger partial charge in [-0.25, -0.2) is 4.39 Å². The third-order valence-electron chi connectivity index (χ3n) is 2.08. The molecule has 3 heteroatoms. The highest BCUT2D eigenvalue weighted by Gasteiger charge is 2.09. The fraction of sp³-hybridized carbons (Fsp3) is 0.250. The molecule has 0 unspecified atom stereocenters. The molecule has 1 aromatic rings. The molecule has 0 amide bonds. The molecule has 0 saturated carbocycles. The van der Waals surface area contributed by atoms with E-state index in [1.165, 1.54) is 12.1 Å². The van der Waals surface area contributed by atoms with Crippen molar-refractivity contribution < 1.29 is 4.39 Å². The molecule has 2 nitrogen and oxygen atoms in total. The van der Waals surface area contributed by atoms with E-state index in [9.17, 15) is 4.39 Å². The Labute approximate surface area is 88.9 Å². The van der Waals surface area contributed by atoms with Crippen molar-refractivity contribution in [1.29, 1.82) is 5.26 Å². The van der Waals surface area contributed by atoms with Crippen LogP contribution in [-0.2, 0) is 0 Å². The van der Waals surface area contributed by atoms with Crippen LogP contribution in [0.2, 0.25) is 0 Å². The molecule has 0 saturated heterocycles. The van der Waals surface area contributed by atoms with Crippen molar-refractivity contribution in [2.45, 2.75) is 6.92 Å². The van der Waals surface area contributed by atoms with Crippen molar-refractivity contribution in [3.63, 3.8) is 0 Å². The third kappa shape index (κ3) is 2.48. The Kier molecular flexibility index (Phi) is 3.71. The first kappa shape index (κ1) is 11.1. The van der Waals surface area contributed by atoms with Crippen LogP contribution in [-0.4, -0.2) is 13.1 Å². The molecule has 0 radical (unpaired) electrons. The highest BCUT2D eigenvalue weighted by Crippen LogP contribution is 2.20. The lowest BCUT2D eigenvalue weighted by Gasteiger charge is -2.21.